The first-order chi connectivity index (χ1) is 9.78. The van der Waals surface area contributed by atoms with Gasteiger partial charge in [-0.1, -0.05) is 24.3 Å². The van der Waals surface area contributed by atoms with Crippen LogP contribution in [0.25, 0.3) is 11.0 Å². The highest BCUT2D eigenvalue weighted by molar-refractivity contribution is 5.76. The SMILES string of the molecule is CN(c1cccc(CN)c1)c1cnc2ccccc2n1. The van der Waals surface area contributed by atoms with Crippen LogP contribution in [0.1, 0.15) is 5.56 Å². The van der Waals surface area contributed by atoms with Crippen molar-refractivity contribution >= 4 is 22.5 Å². The van der Waals surface area contributed by atoms with Crippen LogP contribution in [0.15, 0.2) is 54.7 Å². The summed E-state index contributed by atoms with van der Waals surface area (Å²) in [5.74, 6) is 0.817. The first kappa shape index (κ1) is 12.6. The van der Waals surface area contributed by atoms with Crippen molar-refractivity contribution in [1.29, 1.82) is 0 Å². The standard InChI is InChI=1S/C16H16N4/c1-20(13-6-4-5-12(9-13)10-17)16-11-18-14-7-2-3-8-15(14)19-16/h2-9,11H,10,17H2,1H3. The first-order valence-corrected chi connectivity index (χ1v) is 6.52. The number of hydrogen-bond donors (Lipinski definition) is 1. The largest absolute Gasteiger partial charge is 0.328 e. The molecule has 0 aliphatic rings. The minimum absolute atomic E-state index is 0.533. The van der Waals surface area contributed by atoms with Crippen LogP contribution < -0.4 is 10.6 Å². The number of para-hydroxylation sites is 2. The molecule has 1 heterocycles. The number of nitrogens with two attached hydrogens (primary N) is 1. The Bertz CT molecular complexity index is 739. The maximum Gasteiger partial charge on any atom is 0.152 e. The molecule has 0 aliphatic heterocycles. The van der Waals surface area contributed by atoms with Crippen molar-refractivity contribution in [2.75, 3.05) is 11.9 Å². The molecule has 100 valence electrons. The topological polar surface area (TPSA) is 55.0 Å². The van der Waals surface area contributed by atoms with E-state index in [9.17, 15) is 0 Å². The molecule has 0 spiro atoms. The van der Waals surface area contributed by atoms with Gasteiger partial charge < -0.3 is 10.6 Å². The molecule has 0 amide bonds. The van der Waals surface area contributed by atoms with Gasteiger partial charge in [0.05, 0.1) is 17.2 Å². The molecule has 4 nitrogen and oxygen atoms in total. The van der Waals surface area contributed by atoms with Gasteiger partial charge in [-0.3, -0.25) is 4.98 Å². The van der Waals surface area contributed by atoms with E-state index in [1.165, 1.54) is 0 Å². The number of hydrogen-bond acceptors (Lipinski definition) is 4. The van der Waals surface area contributed by atoms with Gasteiger partial charge in [0.25, 0.3) is 0 Å². The molecule has 3 rings (SSSR count). The van der Waals surface area contributed by atoms with E-state index in [4.69, 9.17) is 5.73 Å². The molecule has 0 bridgehead atoms. The Morgan fingerprint density at radius 3 is 2.65 bits per heavy atom. The van der Waals surface area contributed by atoms with E-state index in [0.717, 1.165) is 28.1 Å². The zero-order chi connectivity index (χ0) is 13.9. The average molecular weight is 264 g/mol. The average Bonchev–Trinajstić information content (AvgIpc) is 2.53. The molecule has 3 aromatic rings. The molecule has 1 aromatic heterocycles. The number of benzene rings is 2. The summed E-state index contributed by atoms with van der Waals surface area (Å²) in [6, 6.07) is 16.0. The summed E-state index contributed by atoms with van der Waals surface area (Å²) >= 11 is 0. The van der Waals surface area contributed by atoms with Crippen molar-refractivity contribution in [3.8, 4) is 0 Å². The van der Waals surface area contributed by atoms with Crippen LogP contribution >= 0.6 is 0 Å². The number of aromatic nitrogens is 2. The fourth-order valence-electron chi connectivity index (χ4n) is 2.13. The molecule has 0 saturated carbocycles. The maximum absolute atomic E-state index is 5.69. The van der Waals surface area contributed by atoms with Crippen LogP contribution in [0, 0.1) is 0 Å². The quantitative estimate of drug-likeness (QED) is 0.790. The van der Waals surface area contributed by atoms with Crippen molar-refractivity contribution in [2.45, 2.75) is 6.54 Å². The van der Waals surface area contributed by atoms with Crippen LogP contribution in [0.5, 0.6) is 0 Å². The van der Waals surface area contributed by atoms with Gasteiger partial charge in [-0.05, 0) is 29.8 Å². The Labute approximate surface area is 117 Å². The molecular weight excluding hydrogens is 248 g/mol. The van der Waals surface area contributed by atoms with Gasteiger partial charge in [-0.2, -0.15) is 0 Å². The second kappa shape index (κ2) is 5.27. The van der Waals surface area contributed by atoms with Crippen LogP contribution in [0.4, 0.5) is 11.5 Å². The summed E-state index contributed by atoms with van der Waals surface area (Å²) in [6.07, 6.45) is 1.79. The Kier molecular flexibility index (Phi) is 3.31. The third kappa shape index (κ3) is 2.33. The highest BCUT2D eigenvalue weighted by Gasteiger charge is 2.07. The molecule has 2 N–H and O–H groups in total. The zero-order valence-corrected chi connectivity index (χ0v) is 11.3. The smallest absolute Gasteiger partial charge is 0.152 e. The minimum atomic E-state index is 0.533. The normalized spacial score (nSPS) is 10.7. The van der Waals surface area contributed by atoms with Gasteiger partial charge in [0.15, 0.2) is 5.82 Å². The van der Waals surface area contributed by atoms with E-state index in [-0.39, 0.29) is 0 Å². The summed E-state index contributed by atoms with van der Waals surface area (Å²) < 4.78 is 0. The van der Waals surface area contributed by atoms with Crippen LogP contribution in [-0.4, -0.2) is 17.0 Å². The predicted octanol–water partition coefficient (Wildman–Crippen LogP) is 2.86. The Morgan fingerprint density at radius 1 is 1.05 bits per heavy atom. The monoisotopic (exact) mass is 264 g/mol. The van der Waals surface area contributed by atoms with E-state index >= 15 is 0 Å². The lowest BCUT2D eigenvalue weighted by molar-refractivity contribution is 1.06. The van der Waals surface area contributed by atoms with Crippen molar-refractivity contribution in [2.24, 2.45) is 5.73 Å². The fraction of sp³-hybridized carbons (Fsp3) is 0.125. The van der Waals surface area contributed by atoms with Crippen LogP contribution in [-0.2, 0) is 6.54 Å². The summed E-state index contributed by atoms with van der Waals surface area (Å²) in [5, 5.41) is 0. The van der Waals surface area contributed by atoms with Gasteiger partial charge in [0.1, 0.15) is 0 Å². The van der Waals surface area contributed by atoms with Crippen LogP contribution in [0.3, 0.4) is 0 Å². The van der Waals surface area contributed by atoms with E-state index in [2.05, 4.69) is 16.0 Å². The van der Waals surface area contributed by atoms with Gasteiger partial charge in [-0.25, -0.2) is 4.98 Å². The molecule has 0 saturated heterocycles. The van der Waals surface area contributed by atoms with Crippen molar-refractivity contribution < 1.29 is 0 Å². The van der Waals surface area contributed by atoms with E-state index in [1.54, 1.807) is 6.20 Å². The highest BCUT2D eigenvalue weighted by Crippen LogP contribution is 2.23. The third-order valence-electron chi connectivity index (χ3n) is 3.31. The maximum atomic E-state index is 5.69. The molecule has 20 heavy (non-hydrogen) atoms. The molecule has 0 unspecified atom stereocenters. The van der Waals surface area contributed by atoms with Gasteiger partial charge in [0.2, 0.25) is 0 Å². The lowest BCUT2D eigenvalue weighted by atomic mass is 10.2. The van der Waals surface area contributed by atoms with Crippen LogP contribution in [0.2, 0.25) is 0 Å². The van der Waals surface area contributed by atoms with E-state index in [1.807, 2.05) is 54.4 Å². The number of rotatable bonds is 3. The second-order valence-electron chi connectivity index (χ2n) is 4.65. The summed E-state index contributed by atoms with van der Waals surface area (Å²) in [7, 11) is 1.98. The predicted molar refractivity (Wildman–Crippen MR) is 81.9 cm³/mol. The summed E-state index contributed by atoms with van der Waals surface area (Å²) in [4.78, 5) is 11.1. The second-order valence-corrected chi connectivity index (χ2v) is 4.65. The Morgan fingerprint density at radius 2 is 1.85 bits per heavy atom. The molecular formula is C16H16N4. The Hall–Kier alpha value is -2.46. The molecule has 0 aliphatic carbocycles. The Balaban J connectivity index is 2.00. The number of fused-ring (bicyclic) bond motifs is 1. The van der Waals surface area contributed by atoms with Gasteiger partial charge in [0, 0.05) is 19.3 Å². The van der Waals surface area contributed by atoms with Gasteiger partial charge >= 0.3 is 0 Å². The molecule has 4 heteroatoms. The lowest BCUT2D eigenvalue weighted by Gasteiger charge is -2.19. The number of nitrogens with zero attached hydrogens (tertiary/aromatic N) is 3. The summed E-state index contributed by atoms with van der Waals surface area (Å²) in [6.45, 7) is 0.533. The van der Waals surface area contributed by atoms with Gasteiger partial charge in [-0.15, -0.1) is 0 Å². The lowest BCUT2D eigenvalue weighted by Crippen LogP contribution is -2.12. The summed E-state index contributed by atoms with van der Waals surface area (Å²) in [5.41, 5.74) is 9.64. The van der Waals surface area contributed by atoms with E-state index < -0.39 is 0 Å². The zero-order valence-electron chi connectivity index (χ0n) is 11.3. The molecule has 2 aromatic carbocycles. The molecule has 0 atom stereocenters. The highest BCUT2D eigenvalue weighted by atomic mass is 15.2. The van der Waals surface area contributed by atoms with Crippen molar-refractivity contribution in [3.63, 3.8) is 0 Å². The third-order valence-corrected chi connectivity index (χ3v) is 3.31. The fourth-order valence-corrected chi connectivity index (χ4v) is 2.13. The number of anilines is 2. The van der Waals surface area contributed by atoms with Crippen molar-refractivity contribution in [1.82, 2.24) is 9.97 Å². The first-order valence-electron chi connectivity index (χ1n) is 6.52. The molecule has 0 fully saturated rings. The van der Waals surface area contributed by atoms with E-state index in [0.29, 0.717) is 6.54 Å². The minimum Gasteiger partial charge on any atom is -0.328 e. The molecule has 0 radical (unpaired) electrons. The van der Waals surface area contributed by atoms with Crippen molar-refractivity contribution in [3.05, 3.63) is 60.3 Å².